The number of pyridine rings is 1. The Labute approximate surface area is 168 Å². The quantitative estimate of drug-likeness (QED) is 0.808. The fourth-order valence-electron chi connectivity index (χ4n) is 3.67. The zero-order valence-corrected chi connectivity index (χ0v) is 16.5. The Morgan fingerprint density at radius 2 is 1.97 bits per heavy atom. The van der Waals surface area contributed by atoms with Gasteiger partial charge >= 0.3 is 0 Å². The van der Waals surface area contributed by atoms with Crippen LogP contribution in [0.15, 0.2) is 47.4 Å². The molecule has 29 heavy (non-hydrogen) atoms. The molecule has 2 aromatic rings. The van der Waals surface area contributed by atoms with E-state index in [4.69, 9.17) is 5.73 Å². The lowest BCUT2D eigenvalue weighted by Crippen LogP contribution is -2.53. The third kappa shape index (κ3) is 4.54. The van der Waals surface area contributed by atoms with Crippen LogP contribution in [-0.4, -0.2) is 47.5 Å². The maximum atomic E-state index is 14.6. The van der Waals surface area contributed by atoms with Crippen LogP contribution < -0.4 is 16.6 Å². The largest absolute Gasteiger partial charge is 0.349 e. The van der Waals surface area contributed by atoms with Crippen molar-refractivity contribution in [2.75, 3.05) is 14.1 Å². The summed E-state index contributed by atoms with van der Waals surface area (Å²) in [5.74, 6) is -1.54. The first-order valence-corrected chi connectivity index (χ1v) is 9.53. The molecule has 2 amide bonds. The van der Waals surface area contributed by atoms with E-state index in [0.717, 1.165) is 6.07 Å². The molecule has 0 saturated heterocycles. The van der Waals surface area contributed by atoms with Gasteiger partial charge in [0, 0.05) is 44.4 Å². The molecule has 7 nitrogen and oxygen atoms in total. The number of amides is 2. The van der Waals surface area contributed by atoms with Crippen molar-refractivity contribution in [2.24, 2.45) is 11.7 Å². The van der Waals surface area contributed by atoms with Crippen molar-refractivity contribution in [3.63, 3.8) is 0 Å². The normalized spacial score (nSPS) is 21.4. The van der Waals surface area contributed by atoms with Crippen molar-refractivity contribution in [3.8, 4) is 5.69 Å². The number of benzene rings is 1. The summed E-state index contributed by atoms with van der Waals surface area (Å²) in [7, 11) is 3.39. The predicted molar refractivity (Wildman–Crippen MR) is 107 cm³/mol. The van der Waals surface area contributed by atoms with Crippen LogP contribution in [0.4, 0.5) is 4.39 Å². The number of hydrogen-bond acceptors (Lipinski definition) is 4. The number of carbonyl (C=O) groups is 2. The minimum absolute atomic E-state index is 0.0000134. The molecule has 154 valence electrons. The number of nitrogens with zero attached hydrogens (tertiary/aromatic N) is 2. The molecule has 1 aliphatic rings. The second-order valence-electron chi connectivity index (χ2n) is 7.56. The third-order valence-electron chi connectivity index (χ3n) is 5.31. The second-order valence-corrected chi connectivity index (χ2v) is 7.56. The molecule has 3 atom stereocenters. The van der Waals surface area contributed by atoms with E-state index in [1.165, 1.54) is 33.9 Å². The van der Waals surface area contributed by atoms with Gasteiger partial charge in [-0.1, -0.05) is 6.07 Å². The van der Waals surface area contributed by atoms with E-state index in [-0.39, 0.29) is 29.0 Å². The van der Waals surface area contributed by atoms with Crippen LogP contribution in [0.5, 0.6) is 0 Å². The highest BCUT2D eigenvalue weighted by Gasteiger charge is 2.34. The molecular weight excluding hydrogens is 375 g/mol. The Morgan fingerprint density at radius 3 is 2.62 bits per heavy atom. The van der Waals surface area contributed by atoms with Gasteiger partial charge in [0.15, 0.2) is 0 Å². The third-order valence-corrected chi connectivity index (χ3v) is 5.31. The molecule has 0 radical (unpaired) electrons. The molecule has 3 unspecified atom stereocenters. The maximum Gasteiger partial charge on any atom is 0.255 e. The number of nitrogens with two attached hydrogens (primary N) is 1. The van der Waals surface area contributed by atoms with Gasteiger partial charge in [-0.25, -0.2) is 4.39 Å². The molecule has 0 bridgehead atoms. The molecule has 1 saturated carbocycles. The summed E-state index contributed by atoms with van der Waals surface area (Å²) in [4.78, 5) is 38.3. The molecule has 1 aromatic heterocycles. The average molecular weight is 400 g/mol. The highest BCUT2D eigenvalue weighted by atomic mass is 19.1. The van der Waals surface area contributed by atoms with Crippen molar-refractivity contribution in [2.45, 2.75) is 31.3 Å². The number of hydrogen-bond donors (Lipinski definition) is 2. The summed E-state index contributed by atoms with van der Waals surface area (Å²) in [6.45, 7) is 0. The van der Waals surface area contributed by atoms with Gasteiger partial charge in [0.1, 0.15) is 5.82 Å². The highest BCUT2D eigenvalue weighted by Crippen LogP contribution is 2.25. The van der Waals surface area contributed by atoms with Crippen molar-refractivity contribution < 1.29 is 14.0 Å². The van der Waals surface area contributed by atoms with Gasteiger partial charge in [-0.3, -0.25) is 19.0 Å². The Balaban J connectivity index is 1.75. The average Bonchev–Trinajstić information content (AvgIpc) is 2.69. The lowest BCUT2D eigenvalue weighted by molar-refractivity contribution is -0.134. The number of aromatic nitrogens is 1. The van der Waals surface area contributed by atoms with Crippen LogP contribution in [0, 0.1) is 11.7 Å². The number of carbonyl (C=O) groups excluding carboxylic acids is 2. The van der Waals surface area contributed by atoms with Crippen molar-refractivity contribution in [1.29, 1.82) is 0 Å². The standard InChI is InChI=1S/C21H25FN4O3/c1-25(2)21(29)13-6-9-17(23)18(11-13)24-20(28)15-8-7-14(12-16(15)22)26-10-4-3-5-19(26)27/h3-5,7-8,10,12-13,17-18H,6,9,11,23H2,1-2H3,(H,24,28). The smallest absolute Gasteiger partial charge is 0.255 e. The van der Waals surface area contributed by atoms with Crippen molar-refractivity contribution in [3.05, 3.63) is 64.3 Å². The Kier molecular flexibility index (Phi) is 6.12. The molecule has 3 N–H and O–H groups in total. The van der Waals surface area contributed by atoms with Crippen molar-refractivity contribution in [1.82, 2.24) is 14.8 Å². The van der Waals surface area contributed by atoms with Crippen LogP contribution in [0.2, 0.25) is 0 Å². The van der Waals surface area contributed by atoms with Crippen LogP contribution in [0.3, 0.4) is 0 Å². The summed E-state index contributed by atoms with van der Waals surface area (Å²) in [5, 5.41) is 2.78. The van der Waals surface area contributed by atoms with Gasteiger partial charge in [0.2, 0.25) is 5.91 Å². The first kappa shape index (κ1) is 20.7. The zero-order valence-electron chi connectivity index (χ0n) is 16.5. The molecule has 1 aliphatic carbocycles. The highest BCUT2D eigenvalue weighted by molar-refractivity contribution is 5.95. The van der Waals surface area contributed by atoms with Crippen molar-refractivity contribution >= 4 is 11.8 Å². The van der Waals surface area contributed by atoms with Crippen LogP contribution in [0.1, 0.15) is 29.6 Å². The van der Waals surface area contributed by atoms with E-state index >= 15 is 0 Å². The molecular formula is C21H25FN4O3. The SMILES string of the molecule is CN(C)C(=O)C1CCC(N)C(NC(=O)c2ccc(-n3ccccc3=O)cc2F)C1. The van der Waals surface area contributed by atoms with Crippen LogP contribution in [0.25, 0.3) is 5.69 Å². The van der Waals surface area contributed by atoms with E-state index in [9.17, 15) is 18.8 Å². The first-order chi connectivity index (χ1) is 13.8. The predicted octanol–water partition coefficient (Wildman–Crippen LogP) is 1.29. The first-order valence-electron chi connectivity index (χ1n) is 9.53. The van der Waals surface area contributed by atoms with Gasteiger partial charge in [-0.2, -0.15) is 0 Å². The van der Waals surface area contributed by atoms with Gasteiger partial charge in [0.05, 0.1) is 11.3 Å². The minimum Gasteiger partial charge on any atom is -0.349 e. The minimum atomic E-state index is -0.735. The van der Waals surface area contributed by atoms with Gasteiger partial charge in [-0.15, -0.1) is 0 Å². The maximum absolute atomic E-state index is 14.6. The van der Waals surface area contributed by atoms with Crippen LogP contribution >= 0.6 is 0 Å². The van der Waals surface area contributed by atoms with Gasteiger partial charge in [-0.05, 0) is 43.5 Å². The molecule has 0 spiro atoms. The summed E-state index contributed by atoms with van der Waals surface area (Å²) < 4.78 is 15.9. The zero-order chi connectivity index (χ0) is 21.1. The molecule has 1 aromatic carbocycles. The summed E-state index contributed by atoms with van der Waals surface area (Å²) in [6.07, 6.45) is 3.22. The van der Waals surface area contributed by atoms with E-state index < -0.39 is 17.8 Å². The van der Waals surface area contributed by atoms with E-state index in [1.54, 1.807) is 26.2 Å². The number of nitrogens with one attached hydrogen (secondary N) is 1. The summed E-state index contributed by atoms with van der Waals surface area (Å²) in [5.41, 5.74) is 6.03. The Hall–Kier alpha value is -3.00. The van der Waals surface area contributed by atoms with Gasteiger partial charge in [0.25, 0.3) is 11.5 Å². The summed E-state index contributed by atoms with van der Waals surface area (Å²) in [6, 6.07) is 7.92. The van der Waals surface area contributed by atoms with Gasteiger partial charge < -0.3 is 16.0 Å². The fraction of sp³-hybridized carbons (Fsp3) is 0.381. The number of rotatable bonds is 4. The van der Waals surface area contributed by atoms with E-state index in [2.05, 4.69) is 5.32 Å². The monoisotopic (exact) mass is 400 g/mol. The Bertz CT molecular complexity index is 972. The number of halogens is 1. The summed E-state index contributed by atoms with van der Waals surface area (Å²) >= 11 is 0. The molecule has 0 aliphatic heterocycles. The Morgan fingerprint density at radius 1 is 1.21 bits per heavy atom. The molecule has 8 heteroatoms. The topological polar surface area (TPSA) is 97.4 Å². The lowest BCUT2D eigenvalue weighted by atomic mass is 9.82. The molecule has 1 fully saturated rings. The van der Waals surface area contributed by atoms with Crippen LogP contribution in [-0.2, 0) is 4.79 Å². The lowest BCUT2D eigenvalue weighted by Gasteiger charge is -2.35. The fourth-order valence-corrected chi connectivity index (χ4v) is 3.67. The van der Waals surface area contributed by atoms with E-state index in [1.807, 2.05) is 0 Å². The second kappa shape index (κ2) is 8.57. The van der Waals surface area contributed by atoms with E-state index in [0.29, 0.717) is 24.9 Å². The molecule has 3 rings (SSSR count). The molecule has 1 heterocycles.